The molecule has 0 radical (unpaired) electrons. The van der Waals surface area contributed by atoms with E-state index in [1.807, 2.05) is 6.92 Å². The van der Waals surface area contributed by atoms with E-state index in [1.54, 1.807) is 18.5 Å². The first kappa shape index (κ1) is 11.1. The summed E-state index contributed by atoms with van der Waals surface area (Å²) in [5.41, 5.74) is 1.75. The Labute approximate surface area is 98.0 Å². The molecule has 0 saturated carbocycles. The molecule has 0 spiro atoms. The SMILES string of the molecule is CCNc1cnccc1C(=O)Nc1cnoc1. The Bertz CT molecular complexity index is 496. The normalized spacial score (nSPS) is 9.94. The highest BCUT2D eigenvalue weighted by Crippen LogP contribution is 2.15. The Hall–Kier alpha value is -2.37. The van der Waals surface area contributed by atoms with E-state index in [0.717, 1.165) is 6.54 Å². The van der Waals surface area contributed by atoms with Gasteiger partial charge in [-0.05, 0) is 13.0 Å². The molecule has 6 heteroatoms. The van der Waals surface area contributed by atoms with E-state index in [9.17, 15) is 4.79 Å². The van der Waals surface area contributed by atoms with Crippen LogP contribution in [0.25, 0.3) is 0 Å². The number of rotatable bonds is 4. The standard InChI is InChI=1S/C11H12N4O2/c1-2-13-10-6-12-4-3-9(10)11(16)15-8-5-14-17-7-8/h3-7,13H,2H2,1H3,(H,15,16). The number of pyridine rings is 1. The van der Waals surface area contributed by atoms with Crippen LogP contribution >= 0.6 is 0 Å². The van der Waals surface area contributed by atoms with Gasteiger partial charge in [-0.3, -0.25) is 9.78 Å². The zero-order valence-electron chi connectivity index (χ0n) is 9.30. The van der Waals surface area contributed by atoms with Crippen LogP contribution in [0.5, 0.6) is 0 Å². The summed E-state index contributed by atoms with van der Waals surface area (Å²) in [7, 11) is 0. The summed E-state index contributed by atoms with van der Waals surface area (Å²) in [4.78, 5) is 15.9. The van der Waals surface area contributed by atoms with E-state index in [0.29, 0.717) is 16.9 Å². The molecule has 1 amide bonds. The first-order valence-corrected chi connectivity index (χ1v) is 5.20. The summed E-state index contributed by atoms with van der Waals surface area (Å²) in [6.07, 6.45) is 5.99. The molecule has 6 nitrogen and oxygen atoms in total. The molecule has 2 heterocycles. The highest BCUT2D eigenvalue weighted by Gasteiger charge is 2.11. The summed E-state index contributed by atoms with van der Waals surface area (Å²) in [5, 5.41) is 9.26. The molecule has 0 aliphatic heterocycles. The third-order valence-electron chi connectivity index (χ3n) is 2.12. The zero-order chi connectivity index (χ0) is 12.1. The van der Waals surface area contributed by atoms with Crippen LogP contribution in [0.1, 0.15) is 17.3 Å². The Balaban J connectivity index is 2.18. The van der Waals surface area contributed by atoms with Gasteiger partial charge in [-0.2, -0.15) is 0 Å². The average Bonchev–Trinajstić information content (AvgIpc) is 2.83. The number of anilines is 2. The van der Waals surface area contributed by atoms with Gasteiger partial charge in [0.2, 0.25) is 0 Å². The molecule has 2 aromatic rings. The molecule has 17 heavy (non-hydrogen) atoms. The molecule has 2 rings (SSSR count). The first-order chi connectivity index (χ1) is 8.31. The fraction of sp³-hybridized carbons (Fsp3) is 0.182. The van der Waals surface area contributed by atoms with Crippen molar-refractivity contribution in [2.24, 2.45) is 0 Å². The Morgan fingerprint density at radius 1 is 1.47 bits per heavy atom. The van der Waals surface area contributed by atoms with Crippen LogP contribution in [-0.4, -0.2) is 22.6 Å². The topological polar surface area (TPSA) is 80.0 Å². The molecule has 0 fully saturated rings. The van der Waals surface area contributed by atoms with Crippen molar-refractivity contribution in [3.05, 3.63) is 36.5 Å². The molecule has 0 aliphatic carbocycles. The third kappa shape index (κ3) is 2.60. The summed E-state index contributed by atoms with van der Waals surface area (Å²) in [6, 6.07) is 1.65. The van der Waals surface area contributed by atoms with Crippen LogP contribution in [0.2, 0.25) is 0 Å². The maximum absolute atomic E-state index is 12.0. The average molecular weight is 232 g/mol. The van der Waals surface area contributed by atoms with Crippen molar-refractivity contribution in [1.29, 1.82) is 0 Å². The fourth-order valence-electron chi connectivity index (χ4n) is 1.39. The molecule has 0 saturated heterocycles. The second kappa shape index (κ2) is 5.11. The number of hydrogen-bond acceptors (Lipinski definition) is 5. The lowest BCUT2D eigenvalue weighted by molar-refractivity contribution is 0.102. The quantitative estimate of drug-likeness (QED) is 0.839. The molecular formula is C11H12N4O2. The van der Waals surface area contributed by atoms with E-state index < -0.39 is 0 Å². The van der Waals surface area contributed by atoms with Crippen molar-refractivity contribution in [3.8, 4) is 0 Å². The molecule has 2 aromatic heterocycles. The number of hydrogen-bond donors (Lipinski definition) is 2. The fourth-order valence-corrected chi connectivity index (χ4v) is 1.39. The van der Waals surface area contributed by atoms with E-state index in [4.69, 9.17) is 0 Å². The minimum Gasteiger partial charge on any atom is -0.383 e. The molecule has 2 N–H and O–H groups in total. The van der Waals surface area contributed by atoms with Gasteiger partial charge in [0.05, 0.1) is 23.6 Å². The van der Waals surface area contributed by atoms with Crippen LogP contribution in [-0.2, 0) is 0 Å². The number of carbonyl (C=O) groups is 1. The number of carbonyl (C=O) groups excluding carboxylic acids is 1. The lowest BCUT2D eigenvalue weighted by atomic mass is 10.2. The third-order valence-corrected chi connectivity index (χ3v) is 2.12. The van der Waals surface area contributed by atoms with E-state index in [1.165, 1.54) is 12.5 Å². The Morgan fingerprint density at radius 2 is 2.35 bits per heavy atom. The lowest BCUT2D eigenvalue weighted by Crippen LogP contribution is -2.14. The summed E-state index contributed by atoms with van der Waals surface area (Å²) in [5.74, 6) is -0.230. The van der Waals surface area contributed by atoms with Gasteiger partial charge in [0.1, 0.15) is 12.0 Å². The second-order valence-corrected chi connectivity index (χ2v) is 3.32. The number of nitrogens with zero attached hydrogens (tertiary/aromatic N) is 2. The lowest BCUT2D eigenvalue weighted by Gasteiger charge is -2.08. The molecule has 0 aliphatic rings. The van der Waals surface area contributed by atoms with Crippen molar-refractivity contribution < 1.29 is 9.32 Å². The molecular weight excluding hydrogens is 220 g/mol. The highest BCUT2D eigenvalue weighted by molar-refractivity contribution is 6.07. The number of nitrogens with one attached hydrogen (secondary N) is 2. The molecule has 0 unspecified atom stereocenters. The van der Waals surface area contributed by atoms with Gasteiger partial charge in [0, 0.05) is 12.7 Å². The van der Waals surface area contributed by atoms with Gasteiger partial charge in [-0.1, -0.05) is 5.16 Å². The minimum absolute atomic E-state index is 0.230. The van der Waals surface area contributed by atoms with E-state index >= 15 is 0 Å². The number of aromatic nitrogens is 2. The van der Waals surface area contributed by atoms with Gasteiger partial charge >= 0.3 is 0 Å². The molecule has 0 atom stereocenters. The predicted molar refractivity (Wildman–Crippen MR) is 62.9 cm³/mol. The van der Waals surface area contributed by atoms with Gasteiger partial charge in [0.25, 0.3) is 5.91 Å². The molecule has 0 bridgehead atoms. The van der Waals surface area contributed by atoms with Crippen LogP contribution in [0, 0.1) is 0 Å². The van der Waals surface area contributed by atoms with Crippen LogP contribution < -0.4 is 10.6 Å². The summed E-state index contributed by atoms with van der Waals surface area (Å²) < 4.78 is 4.64. The first-order valence-electron chi connectivity index (χ1n) is 5.20. The predicted octanol–water partition coefficient (Wildman–Crippen LogP) is 1.75. The Kier molecular flexibility index (Phi) is 3.34. The number of amides is 1. The highest BCUT2D eigenvalue weighted by atomic mass is 16.5. The van der Waals surface area contributed by atoms with Crippen molar-refractivity contribution in [2.75, 3.05) is 17.2 Å². The smallest absolute Gasteiger partial charge is 0.258 e. The maximum atomic E-state index is 12.0. The van der Waals surface area contributed by atoms with Crippen LogP contribution in [0.15, 0.2) is 35.4 Å². The molecule has 0 aromatic carbocycles. The van der Waals surface area contributed by atoms with Gasteiger partial charge in [-0.25, -0.2) is 0 Å². The van der Waals surface area contributed by atoms with Crippen molar-refractivity contribution in [1.82, 2.24) is 10.1 Å². The summed E-state index contributed by atoms with van der Waals surface area (Å²) in [6.45, 7) is 2.67. The maximum Gasteiger partial charge on any atom is 0.258 e. The van der Waals surface area contributed by atoms with E-state index in [-0.39, 0.29) is 5.91 Å². The van der Waals surface area contributed by atoms with Gasteiger partial charge in [0.15, 0.2) is 0 Å². The van der Waals surface area contributed by atoms with Crippen molar-refractivity contribution in [3.63, 3.8) is 0 Å². The van der Waals surface area contributed by atoms with Gasteiger partial charge < -0.3 is 15.2 Å². The minimum atomic E-state index is -0.230. The van der Waals surface area contributed by atoms with Crippen molar-refractivity contribution in [2.45, 2.75) is 6.92 Å². The largest absolute Gasteiger partial charge is 0.383 e. The Morgan fingerprint density at radius 3 is 3.06 bits per heavy atom. The van der Waals surface area contributed by atoms with Crippen LogP contribution in [0.4, 0.5) is 11.4 Å². The molecule has 88 valence electrons. The van der Waals surface area contributed by atoms with Crippen LogP contribution in [0.3, 0.4) is 0 Å². The van der Waals surface area contributed by atoms with E-state index in [2.05, 4.69) is 25.3 Å². The van der Waals surface area contributed by atoms with Crippen molar-refractivity contribution >= 4 is 17.3 Å². The monoisotopic (exact) mass is 232 g/mol. The second-order valence-electron chi connectivity index (χ2n) is 3.32. The van der Waals surface area contributed by atoms with Gasteiger partial charge in [-0.15, -0.1) is 0 Å². The summed E-state index contributed by atoms with van der Waals surface area (Å²) >= 11 is 0. The zero-order valence-corrected chi connectivity index (χ0v) is 9.30.